The molecule has 0 bridgehead atoms. The van der Waals surface area contributed by atoms with E-state index < -0.39 is 0 Å². The van der Waals surface area contributed by atoms with E-state index >= 15 is 0 Å². The van der Waals surface area contributed by atoms with Gasteiger partial charge in [-0.1, -0.05) is 102 Å². The van der Waals surface area contributed by atoms with E-state index in [4.69, 9.17) is 19.4 Å². The number of rotatable bonds is 5. The Morgan fingerprint density at radius 2 is 1.38 bits per heavy atom. The van der Waals surface area contributed by atoms with Gasteiger partial charge in [0.25, 0.3) is 0 Å². The molecule has 9 rings (SSSR count). The van der Waals surface area contributed by atoms with Crippen molar-refractivity contribution in [2.75, 3.05) is 0 Å². The van der Waals surface area contributed by atoms with E-state index in [0.29, 0.717) is 11.8 Å². The van der Waals surface area contributed by atoms with E-state index in [2.05, 4.69) is 119 Å². The van der Waals surface area contributed by atoms with Crippen LogP contribution in [0.5, 0.6) is 0 Å². The summed E-state index contributed by atoms with van der Waals surface area (Å²) in [5.41, 5.74) is 12.5. The summed E-state index contributed by atoms with van der Waals surface area (Å²) in [6, 6.07) is 43.6. The first kappa shape index (κ1) is 37.8. The first-order chi connectivity index (χ1) is 26.1. The van der Waals surface area contributed by atoms with Crippen LogP contribution in [0.4, 0.5) is 0 Å². The number of imidazole rings is 1. The number of furan rings is 1. The quantitative estimate of drug-likeness (QED) is 0.161. The van der Waals surface area contributed by atoms with Crippen molar-refractivity contribution in [2.24, 2.45) is 0 Å². The molecule has 1 radical (unpaired) electrons. The Balaban J connectivity index is 0.000000305. The van der Waals surface area contributed by atoms with Crippen LogP contribution in [-0.4, -0.2) is 24.5 Å². The van der Waals surface area contributed by atoms with Gasteiger partial charge in [0.15, 0.2) is 0 Å². The molecule has 0 saturated heterocycles. The van der Waals surface area contributed by atoms with Crippen molar-refractivity contribution in [3.63, 3.8) is 0 Å². The Bertz CT molecular complexity index is 2700. The Labute approximate surface area is 336 Å². The first-order valence-electron chi connectivity index (χ1n) is 18.6. The molecule has 0 aliphatic carbocycles. The maximum Gasteiger partial charge on any atom is 0.148 e. The smallest absolute Gasteiger partial charge is 0.148 e. The molecule has 7 heteroatoms. The molecule has 6 nitrogen and oxygen atoms in total. The molecule has 0 saturated carbocycles. The summed E-state index contributed by atoms with van der Waals surface area (Å²) in [6.07, 6.45) is 3.66. The van der Waals surface area contributed by atoms with Gasteiger partial charge in [-0.3, -0.25) is 9.97 Å². The zero-order valence-electron chi connectivity index (χ0n) is 32.2. The third kappa shape index (κ3) is 7.11. The summed E-state index contributed by atoms with van der Waals surface area (Å²) in [5, 5.41) is 2.03. The topological polar surface area (TPSA) is 69.6 Å². The molecular weight excluding hydrogens is 855 g/mol. The van der Waals surface area contributed by atoms with E-state index in [1.54, 1.807) is 6.20 Å². The van der Waals surface area contributed by atoms with Gasteiger partial charge in [0.2, 0.25) is 0 Å². The maximum absolute atomic E-state index is 6.77. The van der Waals surface area contributed by atoms with Crippen LogP contribution in [-0.2, 0) is 25.5 Å². The average Bonchev–Trinajstić information content (AvgIpc) is 3.77. The van der Waals surface area contributed by atoms with Crippen molar-refractivity contribution in [1.29, 1.82) is 0 Å². The number of benzene rings is 5. The van der Waals surface area contributed by atoms with Crippen molar-refractivity contribution in [3.05, 3.63) is 151 Å². The predicted octanol–water partition coefficient (Wildman–Crippen LogP) is 12.4. The number of hydrogen-bond donors (Lipinski definition) is 0. The molecule has 0 aliphatic heterocycles. The standard InChI is InChI=1S/C37H35N4O.C11H8N.Ir/c1-21(2)23-12-10-13-24(22(3)4)33(23)41-30-17-9-8-16-28(30)39-36(41)27-15-11-14-25-26-18-19-29-32(35(26)42-34(25)27)40-31(20-38-29)37(5,6)7;1-2-6-10(7-3-1)11-8-4-5-9-12-11;/h8-14,16-22H,1-7H3;1-6,8-9H;/q2*-1;. The first-order valence-corrected chi connectivity index (χ1v) is 18.6. The molecule has 9 aromatic rings. The van der Waals surface area contributed by atoms with Crippen molar-refractivity contribution in [2.45, 2.75) is 65.7 Å². The van der Waals surface area contributed by atoms with Crippen LogP contribution in [0.3, 0.4) is 0 Å². The zero-order valence-corrected chi connectivity index (χ0v) is 34.6. The number of fused-ring (bicyclic) bond motifs is 6. The van der Waals surface area contributed by atoms with E-state index in [9.17, 15) is 0 Å². The summed E-state index contributed by atoms with van der Waals surface area (Å²) in [5.74, 6) is 1.49. The summed E-state index contributed by atoms with van der Waals surface area (Å²) in [7, 11) is 0. The van der Waals surface area contributed by atoms with Crippen molar-refractivity contribution < 1.29 is 24.5 Å². The molecule has 0 spiro atoms. The number of pyridine rings is 1. The van der Waals surface area contributed by atoms with E-state index in [1.807, 2.05) is 66.9 Å². The molecule has 0 atom stereocenters. The van der Waals surface area contributed by atoms with Gasteiger partial charge in [0.1, 0.15) is 11.1 Å². The van der Waals surface area contributed by atoms with Crippen LogP contribution in [0.1, 0.15) is 77.1 Å². The van der Waals surface area contributed by atoms with Crippen molar-refractivity contribution in [3.8, 4) is 28.3 Å². The molecule has 55 heavy (non-hydrogen) atoms. The molecule has 0 amide bonds. The summed E-state index contributed by atoms with van der Waals surface area (Å²) in [4.78, 5) is 19.2. The Hall–Kier alpha value is -5.49. The fourth-order valence-corrected chi connectivity index (χ4v) is 7.06. The van der Waals surface area contributed by atoms with Crippen molar-refractivity contribution in [1.82, 2.24) is 24.5 Å². The van der Waals surface area contributed by atoms with E-state index in [1.165, 1.54) is 16.8 Å². The summed E-state index contributed by atoms with van der Waals surface area (Å²) < 4.78 is 9.10. The SMILES string of the molecule is CC(C)c1cccc(C(C)C)c1-n1c(-c2[c-]ccc3c2oc2c3ccc3ncc(C(C)(C)C)nc32)nc2ccccc21.[Ir].[c-]1ccccc1-c1ccccn1. The predicted molar refractivity (Wildman–Crippen MR) is 221 cm³/mol. The Morgan fingerprint density at radius 3 is 2.07 bits per heavy atom. The fourth-order valence-electron chi connectivity index (χ4n) is 7.06. The van der Waals surface area contributed by atoms with Crippen LogP contribution in [0, 0.1) is 12.1 Å². The molecular formula is C48H43IrN5O-2. The second kappa shape index (κ2) is 15.3. The monoisotopic (exact) mass is 898 g/mol. The number of para-hydroxylation sites is 3. The maximum atomic E-state index is 6.77. The largest absolute Gasteiger partial charge is 0.498 e. The van der Waals surface area contributed by atoms with Crippen LogP contribution < -0.4 is 0 Å². The third-order valence-corrected chi connectivity index (χ3v) is 9.88. The normalized spacial score (nSPS) is 11.7. The number of hydrogen-bond acceptors (Lipinski definition) is 5. The molecule has 0 aliphatic rings. The molecule has 0 fully saturated rings. The fraction of sp³-hybridized carbons (Fsp3) is 0.208. The van der Waals surface area contributed by atoms with Crippen LogP contribution in [0.15, 0.2) is 126 Å². The zero-order chi connectivity index (χ0) is 37.6. The molecule has 0 N–H and O–H groups in total. The van der Waals surface area contributed by atoms with Gasteiger partial charge in [0, 0.05) is 49.0 Å². The minimum Gasteiger partial charge on any atom is -0.498 e. The van der Waals surface area contributed by atoms with Crippen molar-refractivity contribution >= 4 is 44.0 Å². The number of nitrogens with zero attached hydrogens (tertiary/aromatic N) is 5. The van der Waals surface area contributed by atoms with Gasteiger partial charge < -0.3 is 14.0 Å². The Morgan fingerprint density at radius 1 is 0.655 bits per heavy atom. The van der Waals surface area contributed by atoms with E-state index in [0.717, 1.165) is 72.3 Å². The van der Waals surface area contributed by atoms with E-state index in [-0.39, 0.29) is 25.5 Å². The van der Waals surface area contributed by atoms with Crippen LogP contribution >= 0.6 is 0 Å². The third-order valence-electron chi connectivity index (χ3n) is 9.88. The summed E-state index contributed by atoms with van der Waals surface area (Å²) in [6.45, 7) is 15.5. The number of aromatic nitrogens is 5. The minimum atomic E-state index is -0.128. The second-order valence-electron chi connectivity index (χ2n) is 15.4. The molecule has 4 heterocycles. The molecule has 5 aromatic carbocycles. The van der Waals surface area contributed by atoms with Crippen LogP contribution in [0.25, 0.3) is 72.3 Å². The second-order valence-corrected chi connectivity index (χ2v) is 15.4. The van der Waals surface area contributed by atoms with Crippen LogP contribution in [0.2, 0.25) is 0 Å². The van der Waals surface area contributed by atoms with Gasteiger partial charge in [-0.25, -0.2) is 4.98 Å². The van der Waals surface area contributed by atoms with Gasteiger partial charge in [0.05, 0.1) is 33.7 Å². The Kier molecular flexibility index (Phi) is 10.5. The minimum absolute atomic E-state index is 0. The van der Waals surface area contributed by atoms with Gasteiger partial charge >= 0.3 is 0 Å². The average molecular weight is 898 g/mol. The van der Waals surface area contributed by atoms with Gasteiger partial charge in [-0.15, -0.1) is 54.1 Å². The summed E-state index contributed by atoms with van der Waals surface area (Å²) >= 11 is 0. The molecule has 4 aromatic heterocycles. The van der Waals surface area contributed by atoms with Gasteiger partial charge in [-0.05, 0) is 59.0 Å². The molecule has 0 unspecified atom stereocenters. The molecule has 277 valence electrons. The van der Waals surface area contributed by atoms with Gasteiger partial charge in [-0.2, -0.15) is 0 Å².